The van der Waals surface area contributed by atoms with Crippen LogP contribution < -0.4 is 26.8 Å². The van der Waals surface area contributed by atoms with Gasteiger partial charge in [-0.15, -0.1) is 5.10 Å². The number of amides is 4. The normalized spacial score (nSPS) is 20.3. The van der Waals surface area contributed by atoms with E-state index in [-0.39, 0.29) is 42.7 Å². The van der Waals surface area contributed by atoms with Crippen LogP contribution in [-0.4, -0.2) is 68.1 Å². The van der Waals surface area contributed by atoms with E-state index in [0.717, 1.165) is 19.3 Å². The number of aryl methyl sites for hydroxylation is 1. The number of nitrogens with zero attached hydrogens (tertiary/aromatic N) is 4. The minimum Gasteiger partial charge on any atom is -0.353 e. The Morgan fingerprint density at radius 1 is 1.15 bits per heavy atom. The summed E-state index contributed by atoms with van der Waals surface area (Å²) in [5.41, 5.74) is -0.635. The number of pyridine rings is 1. The van der Waals surface area contributed by atoms with Crippen molar-refractivity contribution in [2.75, 3.05) is 12.4 Å². The van der Waals surface area contributed by atoms with Crippen LogP contribution in [0.15, 0.2) is 29.3 Å². The number of likely N-dealkylation sites (N-methyl/N-ethyl adjacent to an activating group) is 1. The summed E-state index contributed by atoms with van der Waals surface area (Å²) in [5.74, 6) is -2.19. The molecule has 2 fully saturated rings. The molecule has 2 unspecified atom stereocenters. The first-order valence-electron chi connectivity index (χ1n) is 13.4. The molecule has 0 aliphatic heterocycles. The van der Waals surface area contributed by atoms with Gasteiger partial charge in [0.25, 0.3) is 17.4 Å². The zero-order valence-electron chi connectivity index (χ0n) is 22.5. The molecule has 0 aromatic carbocycles. The highest BCUT2D eigenvalue weighted by atomic mass is 16.2. The molecule has 2 aliphatic carbocycles. The fourth-order valence-electron chi connectivity index (χ4n) is 5.55. The molecule has 2 bridgehead atoms. The third-order valence-electron chi connectivity index (χ3n) is 7.63. The standard InChI is InChI=1S/C26H34N8O6/c1-27-25(39)21(35)9-8-17(30-24(38)20-13-28-32-33(20)2)23(37)31-18-7-4-10-34(26(18)40)14-22(36)29-19-12-15-5-3-6-16(19)11-15/h4,7,10,13,15-17,19H,3,5-6,8-9,11-12,14H2,1-2H3,(H,27,39)(H,29,36)(H,30,38)(H,31,37)/t15?,16?,17-,19+/m0/s1. The largest absolute Gasteiger partial charge is 0.353 e. The zero-order chi connectivity index (χ0) is 28.8. The molecule has 0 saturated heterocycles. The van der Waals surface area contributed by atoms with E-state index in [0.29, 0.717) is 11.8 Å². The van der Waals surface area contributed by atoms with Crippen LogP contribution in [0.4, 0.5) is 5.69 Å². The van der Waals surface area contributed by atoms with Crippen LogP contribution in [0.1, 0.15) is 55.4 Å². The Labute approximate surface area is 230 Å². The van der Waals surface area contributed by atoms with Crippen molar-refractivity contribution in [3.8, 4) is 0 Å². The number of fused-ring (bicyclic) bond motifs is 2. The topological polar surface area (TPSA) is 186 Å². The molecular formula is C26H34N8O6. The molecule has 4 rings (SSSR count). The lowest BCUT2D eigenvalue weighted by Crippen LogP contribution is -2.46. The molecule has 214 valence electrons. The smallest absolute Gasteiger partial charge is 0.287 e. The van der Waals surface area contributed by atoms with Gasteiger partial charge in [-0.05, 0) is 49.7 Å². The van der Waals surface area contributed by atoms with Gasteiger partial charge in [-0.25, -0.2) is 4.68 Å². The zero-order valence-corrected chi connectivity index (χ0v) is 22.5. The molecule has 14 heteroatoms. The average molecular weight is 555 g/mol. The summed E-state index contributed by atoms with van der Waals surface area (Å²) in [7, 11) is 2.80. The van der Waals surface area contributed by atoms with Gasteiger partial charge in [0.05, 0.1) is 6.20 Å². The van der Waals surface area contributed by atoms with E-state index in [1.165, 1.54) is 60.7 Å². The fraction of sp³-hybridized carbons (Fsp3) is 0.538. The molecule has 2 aromatic heterocycles. The number of carbonyl (C=O) groups is 5. The number of rotatable bonds is 11. The maximum absolute atomic E-state index is 13.2. The number of anilines is 1. The Balaban J connectivity index is 1.43. The molecule has 14 nitrogen and oxygen atoms in total. The fourth-order valence-corrected chi connectivity index (χ4v) is 5.55. The first-order valence-corrected chi connectivity index (χ1v) is 13.4. The Kier molecular flexibility index (Phi) is 9.07. The van der Waals surface area contributed by atoms with Gasteiger partial charge in [-0.2, -0.15) is 0 Å². The van der Waals surface area contributed by atoms with Crippen molar-refractivity contribution >= 4 is 35.1 Å². The van der Waals surface area contributed by atoms with Crippen molar-refractivity contribution < 1.29 is 24.0 Å². The van der Waals surface area contributed by atoms with Crippen LogP contribution in [0.5, 0.6) is 0 Å². The summed E-state index contributed by atoms with van der Waals surface area (Å²) in [5, 5.41) is 17.6. The molecule has 2 heterocycles. The van der Waals surface area contributed by atoms with Crippen molar-refractivity contribution in [2.45, 2.75) is 63.6 Å². The summed E-state index contributed by atoms with van der Waals surface area (Å²) in [6.45, 7) is -0.204. The van der Waals surface area contributed by atoms with Gasteiger partial charge < -0.3 is 25.8 Å². The minimum absolute atomic E-state index is 0.0645. The molecule has 2 aliphatic rings. The number of hydrogen-bond donors (Lipinski definition) is 4. The van der Waals surface area contributed by atoms with Gasteiger partial charge in [0.15, 0.2) is 0 Å². The van der Waals surface area contributed by atoms with Crippen LogP contribution >= 0.6 is 0 Å². The average Bonchev–Trinajstić information content (AvgIpc) is 3.48. The van der Waals surface area contributed by atoms with Crippen LogP contribution in [0.3, 0.4) is 0 Å². The van der Waals surface area contributed by atoms with Crippen molar-refractivity contribution in [3.63, 3.8) is 0 Å². The molecule has 2 saturated carbocycles. The second-order valence-corrected chi connectivity index (χ2v) is 10.4. The summed E-state index contributed by atoms with van der Waals surface area (Å²) in [4.78, 5) is 75.4. The maximum Gasteiger partial charge on any atom is 0.287 e. The highest BCUT2D eigenvalue weighted by molar-refractivity contribution is 6.36. The molecule has 0 radical (unpaired) electrons. The Hall–Kier alpha value is -4.36. The third-order valence-corrected chi connectivity index (χ3v) is 7.63. The number of carbonyl (C=O) groups excluding carboxylic acids is 5. The van der Waals surface area contributed by atoms with Crippen LogP contribution in [-0.2, 0) is 32.8 Å². The van der Waals surface area contributed by atoms with Crippen molar-refractivity contribution in [2.24, 2.45) is 18.9 Å². The lowest BCUT2D eigenvalue weighted by Gasteiger charge is -2.22. The molecule has 4 amide bonds. The number of Topliss-reactive ketones (excluding diaryl/α,β-unsaturated/α-hetero) is 1. The van der Waals surface area contributed by atoms with E-state index in [2.05, 4.69) is 31.6 Å². The van der Waals surface area contributed by atoms with E-state index < -0.39 is 35.1 Å². The lowest BCUT2D eigenvalue weighted by atomic mass is 9.89. The maximum atomic E-state index is 13.2. The van der Waals surface area contributed by atoms with Crippen molar-refractivity contribution in [3.05, 3.63) is 40.6 Å². The highest BCUT2D eigenvalue weighted by Crippen LogP contribution is 2.42. The summed E-state index contributed by atoms with van der Waals surface area (Å²) in [6.07, 6.45) is 7.72. The van der Waals surface area contributed by atoms with Crippen LogP contribution in [0, 0.1) is 11.8 Å². The van der Waals surface area contributed by atoms with Gasteiger partial charge in [0, 0.05) is 32.8 Å². The lowest BCUT2D eigenvalue weighted by molar-refractivity contribution is -0.137. The minimum atomic E-state index is -1.27. The first-order chi connectivity index (χ1) is 19.2. The van der Waals surface area contributed by atoms with Gasteiger partial charge >= 0.3 is 0 Å². The third kappa shape index (κ3) is 6.79. The van der Waals surface area contributed by atoms with Gasteiger partial charge in [0.2, 0.25) is 17.6 Å². The van der Waals surface area contributed by atoms with Gasteiger partial charge in [-0.3, -0.25) is 28.8 Å². The molecular weight excluding hydrogens is 520 g/mol. The Morgan fingerprint density at radius 2 is 1.95 bits per heavy atom. The summed E-state index contributed by atoms with van der Waals surface area (Å²) in [6, 6.07) is 1.76. The number of hydrogen-bond acceptors (Lipinski definition) is 8. The Morgan fingerprint density at radius 3 is 2.65 bits per heavy atom. The second kappa shape index (κ2) is 12.7. The monoisotopic (exact) mass is 554 g/mol. The SMILES string of the molecule is CNC(=O)C(=O)CC[C@H](NC(=O)c1cnnn1C)C(=O)Nc1cccn(CC(=O)N[C@@H]2CC3CCCC2C3)c1=O. The summed E-state index contributed by atoms with van der Waals surface area (Å²) < 4.78 is 2.41. The van der Waals surface area contributed by atoms with Crippen molar-refractivity contribution in [1.29, 1.82) is 0 Å². The molecule has 4 atom stereocenters. The van der Waals surface area contributed by atoms with E-state index in [1.54, 1.807) is 0 Å². The number of nitrogens with one attached hydrogen (secondary N) is 4. The first kappa shape index (κ1) is 28.6. The second-order valence-electron chi connectivity index (χ2n) is 10.4. The van der Waals surface area contributed by atoms with E-state index >= 15 is 0 Å². The molecule has 4 N–H and O–H groups in total. The highest BCUT2D eigenvalue weighted by Gasteiger charge is 2.37. The number of aromatic nitrogens is 4. The van der Waals surface area contributed by atoms with E-state index in [1.807, 2.05) is 0 Å². The summed E-state index contributed by atoms with van der Waals surface area (Å²) >= 11 is 0. The van der Waals surface area contributed by atoms with Crippen molar-refractivity contribution in [1.82, 2.24) is 35.5 Å². The molecule has 0 spiro atoms. The Bertz CT molecular complexity index is 1350. The number of ketones is 1. The van der Waals surface area contributed by atoms with E-state index in [4.69, 9.17) is 0 Å². The van der Waals surface area contributed by atoms with Crippen LogP contribution in [0.25, 0.3) is 0 Å². The molecule has 40 heavy (non-hydrogen) atoms. The quantitative estimate of drug-likeness (QED) is 0.268. The van der Waals surface area contributed by atoms with Gasteiger partial charge in [-0.1, -0.05) is 18.1 Å². The van der Waals surface area contributed by atoms with E-state index in [9.17, 15) is 28.8 Å². The predicted octanol–water partition coefficient (Wildman–Crippen LogP) is -0.496. The van der Waals surface area contributed by atoms with Gasteiger partial charge in [0.1, 0.15) is 24.0 Å². The molecule has 2 aromatic rings. The van der Waals surface area contributed by atoms with Crippen LogP contribution in [0.2, 0.25) is 0 Å². The predicted molar refractivity (Wildman–Crippen MR) is 142 cm³/mol.